The first-order valence-corrected chi connectivity index (χ1v) is 5.74. The third-order valence-corrected chi connectivity index (χ3v) is 2.80. The molecule has 1 atom stereocenters. The zero-order chi connectivity index (χ0) is 10.7. The minimum atomic E-state index is -0.0882. The van der Waals surface area contributed by atoms with Crippen molar-refractivity contribution < 1.29 is 5.11 Å². The van der Waals surface area contributed by atoms with E-state index < -0.39 is 0 Å². The summed E-state index contributed by atoms with van der Waals surface area (Å²) >= 11 is 2.20. The number of nitrogens with zero attached hydrogens (tertiary/aromatic N) is 2. The third kappa shape index (κ3) is 2.38. The van der Waals surface area contributed by atoms with Crippen LogP contribution in [0.3, 0.4) is 0 Å². The number of hydrogen-bond acceptors (Lipinski definition) is 2. The van der Waals surface area contributed by atoms with Crippen molar-refractivity contribution in [2.45, 2.75) is 6.04 Å². The second-order valence-electron chi connectivity index (χ2n) is 3.25. The van der Waals surface area contributed by atoms with E-state index in [1.807, 2.05) is 36.5 Å². The molecule has 0 aliphatic carbocycles. The summed E-state index contributed by atoms with van der Waals surface area (Å²) in [7, 11) is 0. The highest BCUT2D eigenvalue weighted by Crippen LogP contribution is 2.17. The van der Waals surface area contributed by atoms with E-state index in [0.29, 0.717) is 0 Å². The monoisotopic (exact) mass is 314 g/mol. The van der Waals surface area contributed by atoms with Gasteiger partial charge in [0.15, 0.2) is 0 Å². The van der Waals surface area contributed by atoms with Crippen molar-refractivity contribution in [2.75, 3.05) is 6.61 Å². The van der Waals surface area contributed by atoms with Gasteiger partial charge in [-0.1, -0.05) is 30.3 Å². The first-order valence-electron chi connectivity index (χ1n) is 4.66. The lowest BCUT2D eigenvalue weighted by atomic mass is 10.1. The van der Waals surface area contributed by atoms with E-state index in [0.717, 1.165) is 9.13 Å². The minimum Gasteiger partial charge on any atom is -0.394 e. The summed E-state index contributed by atoms with van der Waals surface area (Å²) < 4.78 is 2.86. The lowest BCUT2D eigenvalue weighted by Crippen LogP contribution is -2.15. The van der Waals surface area contributed by atoms with Gasteiger partial charge in [-0.2, -0.15) is 5.10 Å². The summed E-state index contributed by atoms with van der Waals surface area (Å²) in [5.41, 5.74) is 1.07. The van der Waals surface area contributed by atoms with Gasteiger partial charge in [0.2, 0.25) is 0 Å². The molecule has 1 aromatic carbocycles. The largest absolute Gasteiger partial charge is 0.394 e. The first-order chi connectivity index (χ1) is 7.31. The number of aliphatic hydroxyl groups excluding tert-OH is 1. The van der Waals surface area contributed by atoms with Gasteiger partial charge in [0, 0.05) is 6.20 Å². The Morgan fingerprint density at radius 2 is 2.07 bits per heavy atom. The fourth-order valence-corrected chi connectivity index (χ4v) is 1.91. The van der Waals surface area contributed by atoms with Crippen molar-refractivity contribution in [3.05, 3.63) is 51.9 Å². The predicted molar refractivity (Wildman–Crippen MR) is 66.6 cm³/mol. The molecule has 0 amide bonds. The lowest BCUT2D eigenvalue weighted by Gasteiger charge is -2.14. The van der Waals surface area contributed by atoms with E-state index in [2.05, 4.69) is 27.7 Å². The van der Waals surface area contributed by atoms with Crippen LogP contribution in [0.5, 0.6) is 0 Å². The van der Waals surface area contributed by atoms with E-state index in [1.165, 1.54) is 0 Å². The van der Waals surface area contributed by atoms with Gasteiger partial charge < -0.3 is 5.11 Å². The summed E-state index contributed by atoms with van der Waals surface area (Å²) in [4.78, 5) is 0. The highest BCUT2D eigenvalue weighted by Gasteiger charge is 2.12. The van der Waals surface area contributed by atoms with Crippen LogP contribution < -0.4 is 0 Å². The number of hydrogen-bond donors (Lipinski definition) is 1. The van der Waals surface area contributed by atoms with Crippen LogP contribution in [0.2, 0.25) is 0 Å². The molecule has 4 heteroatoms. The van der Waals surface area contributed by atoms with Crippen LogP contribution in [-0.2, 0) is 0 Å². The smallest absolute Gasteiger partial charge is 0.0999 e. The molecule has 1 heterocycles. The summed E-state index contributed by atoms with van der Waals surface area (Å²) in [6.45, 7) is 0.0573. The Labute approximate surface area is 102 Å². The fraction of sp³-hybridized carbons (Fsp3) is 0.182. The molecule has 2 aromatic rings. The van der Waals surface area contributed by atoms with Gasteiger partial charge in [-0.15, -0.1) is 0 Å². The number of aliphatic hydroxyl groups is 1. The molecular formula is C11H11IN2O. The van der Waals surface area contributed by atoms with Crippen molar-refractivity contribution in [3.63, 3.8) is 0 Å². The average molecular weight is 314 g/mol. The molecule has 0 radical (unpaired) electrons. The highest BCUT2D eigenvalue weighted by molar-refractivity contribution is 14.1. The van der Waals surface area contributed by atoms with E-state index in [4.69, 9.17) is 0 Å². The third-order valence-electron chi connectivity index (χ3n) is 2.25. The maximum Gasteiger partial charge on any atom is 0.0999 e. The first kappa shape index (κ1) is 10.6. The van der Waals surface area contributed by atoms with Crippen molar-refractivity contribution >= 4 is 22.6 Å². The van der Waals surface area contributed by atoms with Crippen molar-refractivity contribution in [3.8, 4) is 0 Å². The van der Waals surface area contributed by atoms with Crippen LogP contribution in [0.4, 0.5) is 0 Å². The van der Waals surface area contributed by atoms with Gasteiger partial charge in [0.05, 0.1) is 22.4 Å². The second kappa shape index (κ2) is 4.76. The average Bonchev–Trinajstić information content (AvgIpc) is 2.68. The van der Waals surface area contributed by atoms with Crippen LogP contribution in [-0.4, -0.2) is 21.5 Å². The number of rotatable bonds is 3. The van der Waals surface area contributed by atoms with Gasteiger partial charge in [0.1, 0.15) is 0 Å². The van der Waals surface area contributed by atoms with Crippen LogP contribution in [0.1, 0.15) is 11.6 Å². The highest BCUT2D eigenvalue weighted by atomic mass is 127. The predicted octanol–water partition coefficient (Wildman–Crippen LogP) is 2.07. The van der Waals surface area contributed by atoms with Gasteiger partial charge in [0.25, 0.3) is 0 Å². The molecule has 2 rings (SSSR count). The Kier molecular flexibility index (Phi) is 3.37. The Hall–Kier alpha value is -0.880. The molecule has 1 N–H and O–H groups in total. The van der Waals surface area contributed by atoms with Crippen LogP contribution in [0.25, 0.3) is 0 Å². The molecule has 0 bridgehead atoms. The zero-order valence-electron chi connectivity index (χ0n) is 8.05. The molecule has 0 fully saturated rings. The van der Waals surface area contributed by atoms with E-state index >= 15 is 0 Å². The summed E-state index contributed by atoms with van der Waals surface area (Å²) in [6, 6.07) is 9.80. The normalized spacial score (nSPS) is 12.7. The minimum absolute atomic E-state index is 0.0573. The molecule has 3 nitrogen and oxygen atoms in total. The van der Waals surface area contributed by atoms with Gasteiger partial charge in [-0.05, 0) is 28.2 Å². The molecule has 0 saturated heterocycles. The van der Waals surface area contributed by atoms with Gasteiger partial charge in [-0.3, -0.25) is 4.68 Å². The molecule has 0 spiro atoms. The number of halogens is 1. The molecule has 78 valence electrons. The fourth-order valence-electron chi connectivity index (χ4n) is 1.50. The number of benzene rings is 1. The summed E-state index contributed by atoms with van der Waals surface area (Å²) in [6.07, 6.45) is 3.71. The van der Waals surface area contributed by atoms with Crippen LogP contribution >= 0.6 is 22.6 Å². The van der Waals surface area contributed by atoms with Crippen molar-refractivity contribution in [1.29, 1.82) is 0 Å². The second-order valence-corrected chi connectivity index (χ2v) is 4.49. The Morgan fingerprint density at radius 1 is 1.33 bits per heavy atom. The van der Waals surface area contributed by atoms with Crippen molar-refractivity contribution in [2.24, 2.45) is 0 Å². The quantitative estimate of drug-likeness (QED) is 0.881. The molecular weight excluding hydrogens is 303 g/mol. The van der Waals surface area contributed by atoms with E-state index in [1.54, 1.807) is 10.9 Å². The molecule has 1 unspecified atom stereocenters. The standard InChI is InChI=1S/C11H11IN2O/c12-10-6-13-14(7-10)11(8-15)9-4-2-1-3-5-9/h1-7,11,15H,8H2. The molecule has 15 heavy (non-hydrogen) atoms. The Morgan fingerprint density at radius 3 is 2.60 bits per heavy atom. The van der Waals surface area contributed by atoms with Crippen LogP contribution in [0.15, 0.2) is 42.7 Å². The van der Waals surface area contributed by atoms with E-state index in [-0.39, 0.29) is 12.6 Å². The van der Waals surface area contributed by atoms with Gasteiger partial charge >= 0.3 is 0 Å². The topological polar surface area (TPSA) is 38.0 Å². The van der Waals surface area contributed by atoms with Gasteiger partial charge in [-0.25, -0.2) is 0 Å². The summed E-state index contributed by atoms with van der Waals surface area (Å²) in [5.74, 6) is 0. The Bertz CT molecular complexity index is 427. The molecule has 0 aliphatic rings. The summed E-state index contributed by atoms with van der Waals surface area (Å²) in [5, 5.41) is 13.6. The zero-order valence-corrected chi connectivity index (χ0v) is 10.2. The van der Waals surface area contributed by atoms with E-state index in [9.17, 15) is 5.11 Å². The maximum atomic E-state index is 9.38. The SMILES string of the molecule is OCC(c1ccccc1)n1cc(I)cn1. The molecule has 0 aliphatic heterocycles. The molecule has 0 saturated carbocycles. The maximum absolute atomic E-state index is 9.38. The lowest BCUT2D eigenvalue weighted by molar-refractivity contribution is 0.241. The number of aromatic nitrogens is 2. The molecule has 1 aromatic heterocycles. The van der Waals surface area contributed by atoms with Crippen molar-refractivity contribution in [1.82, 2.24) is 9.78 Å². The van der Waals surface area contributed by atoms with Crippen LogP contribution in [0, 0.1) is 3.57 Å². The Balaban J connectivity index is 2.33.